The lowest BCUT2D eigenvalue weighted by Crippen LogP contribution is -2.22. The lowest BCUT2D eigenvalue weighted by atomic mass is 10.1. The van der Waals surface area contributed by atoms with E-state index in [-0.39, 0.29) is 0 Å². The van der Waals surface area contributed by atoms with Gasteiger partial charge in [-0.15, -0.1) is 12.3 Å². The second kappa shape index (κ2) is 6.01. The van der Waals surface area contributed by atoms with Crippen LogP contribution in [0, 0.1) is 18.3 Å². The highest BCUT2D eigenvalue weighted by Gasteiger charge is 2.20. The number of aliphatic hydroxyl groups is 1. The molecule has 13 heavy (non-hydrogen) atoms. The molecule has 1 aliphatic rings. The van der Waals surface area contributed by atoms with Gasteiger partial charge in [-0.3, -0.25) is 0 Å². The minimum atomic E-state index is 0.336. The first-order valence-electron chi connectivity index (χ1n) is 5.13. The Hall–Kier alpha value is -0.520. The average Bonchev–Trinajstić information content (AvgIpc) is 2.54. The molecule has 1 saturated heterocycles. The Morgan fingerprint density at radius 3 is 3.08 bits per heavy atom. The molecular formula is C11H19NO. The Morgan fingerprint density at radius 1 is 1.54 bits per heavy atom. The summed E-state index contributed by atoms with van der Waals surface area (Å²) in [5.41, 5.74) is 0. The van der Waals surface area contributed by atoms with Crippen molar-refractivity contribution < 1.29 is 5.11 Å². The summed E-state index contributed by atoms with van der Waals surface area (Å²) in [4.78, 5) is 2.46. The number of hydrogen-bond acceptors (Lipinski definition) is 2. The van der Waals surface area contributed by atoms with Gasteiger partial charge in [-0.2, -0.15) is 0 Å². The van der Waals surface area contributed by atoms with Crippen LogP contribution in [0.1, 0.15) is 25.7 Å². The van der Waals surface area contributed by atoms with E-state index in [0.29, 0.717) is 6.61 Å². The second-order valence-corrected chi connectivity index (χ2v) is 3.78. The van der Waals surface area contributed by atoms with Crippen LogP contribution in [0.2, 0.25) is 0 Å². The van der Waals surface area contributed by atoms with Gasteiger partial charge >= 0.3 is 0 Å². The van der Waals surface area contributed by atoms with Gasteiger partial charge in [0, 0.05) is 19.6 Å². The Kier molecular flexibility index (Phi) is 4.88. The molecule has 2 heteroatoms. The van der Waals surface area contributed by atoms with Gasteiger partial charge in [-0.1, -0.05) is 0 Å². The summed E-state index contributed by atoms with van der Waals surface area (Å²) in [6.07, 6.45) is 9.40. The van der Waals surface area contributed by atoms with E-state index in [4.69, 9.17) is 11.5 Å². The Balaban J connectivity index is 2.07. The lowest BCUT2D eigenvalue weighted by molar-refractivity contribution is 0.250. The largest absolute Gasteiger partial charge is 0.396 e. The molecule has 0 aromatic rings. The number of aliphatic hydroxyl groups excluding tert-OH is 1. The fraction of sp³-hybridized carbons (Fsp3) is 0.818. The van der Waals surface area contributed by atoms with Crippen molar-refractivity contribution in [1.29, 1.82) is 0 Å². The predicted molar refractivity (Wildman–Crippen MR) is 54.3 cm³/mol. The number of hydrogen-bond donors (Lipinski definition) is 1. The maximum absolute atomic E-state index is 8.78. The van der Waals surface area contributed by atoms with Crippen LogP contribution in [0.25, 0.3) is 0 Å². The molecule has 1 unspecified atom stereocenters. The summed E-state index contributed by atoms with van der Waals surface area (Å²) in [5.74, 6) is 3.38. The van der Waals surface area contributed by atoms with E-state index < -0.39 is 0 Å². The first-order chi connectivity index (χ1) is 6.36. The smallest absolute Gasteiger partial charge is 0.0434 e. The molecular weight excluding hydrogens is 162 g/mol. The van der Waals surface area contributed by atoms with Crippen LogP contribution in [0.5, 0.6) is 0 Å². The van der Waals surface area contributed by atoms with Crippen LogP contribution in [-0.4, -0.2) is 36.2 Å². The zero-order chi connectivity index (χ0) is 9.52. The molecule has 0 aromatic heterocycles. The molecule has 0 aliphatic carbocycles. The summed E-state index contributed by atoms with van der Waals surface area (Å²) < 4.78 is 0. The van der Waals surface area contributed by atoms with E-state index in [1.54, 1.807) is 0 Å². The van der Waals surface area contributed by atoms with E-state index in [9.17, 15) is 0 Å². The number of unbranched alkanes of at least 4 members (excludes halogenated alkanes) is 1. The van der Waals surface area contributed by atoms with Gasteiger partial charge in [-0.25, -0.2) is 0 Å². The highest BCUT2D eigenvalue weighted by atomic mass is 16.3. The Labute approximate surface area is 80.9 Å². The number of nitrogens with zero attached hydrogens (tertiary/aromatic N) is 1. The van der Waals surface area contributed by atoms with Crippen molar-refractivity contribution in [2.45, 2.75) is 25.7 Å². The van der Waals surface area contributed by atoms with Crippen LogP contribution in [0.3, 0.4) is 0 Å². The third-order valence-electron chi connectivity index (χ3n) is 2.70. The van der Waals surface area contributed by atoms with Gasteiger partial charge in [0.05, 0.1) is 0 Å². The zero-order valence-corrected chi connectivity index (χ0v) is 8.21. The normalized spacial score (nSPS) is 23.2. The van der Waals surface area contributed by atoms with Crippen LogP contribution < -0.4 is 0 Å². The van der Waals surface area contributed by atoms with Crippen molar-refractivity contribution in [3.63, 3.8) is 0 Å². The summed E-state index contributed by atoms with van der Waals surface area (Å²) in [6, 6.07) is 0. The van der Waals surface area contributed by atoms with Gasteiger partial charge in [0.25, 0.3) is 0 Å². The van der Waals surface area contributed by atoms with Crippen molar-refractivity contribution in [3.05, 3.63) is 0 Å². The molecule has 0 bridgehead atoms. The molecule has 2 nitrogen and oxygen atoms in total. The summed E-state index contributed by atoms with van der Waals surface area (Å²) in [7, 11) is 0. The molecule has 0 saturated carbocycles. The maximum Gasteiger partial charge on any atom is 0.0434 e. The van der Waals surface area contributed by atoms with E-state index in [0.717, 1.165) is 38.3 Å². The van der Waals surface area contributed by atoms with Crippen molar-refractivity contribution in [2.24, 2.45) is 5.92 Å². The molecule has 1 fully saturated rings. The lowest BCUT2D eigenvalue weighted by Gasteiger charge is -2.14. The average molecular weight is 181 g/mol. The van der Waals surface area contributed by atoms with E-state index >= 15 is 0 Å². The van der Waals surface area contributed by atoms with Crippen LogP contribution in [0.15, 0.2) is 0 Å². The molecule has 0 aromatic carbocycles. The van der Waals surface area contributed by atoms with Crippen LogP contribution in [0.4, 0.5) is 0 Å². The Morgan fingerprint density at radius 2 is 2.38 bits per heavy atom. The number of terminal acetylenes is 1. The molecule has 1 heterocycles. The SMILES string of the molecule is C#CCCCN1CCC(CCO)C1. The molecule has 0 amide bonds. The molecule has 0 spiro atoms. The molecule has 1 aliphatic heterocycles. The monoisotopic (exact) mass is 181 g/mol. The van der Waals surface area contributed by atoms with Gasteiger partial charge < -0.3 is 10.0 Å². The summed E-state index contributed by atoms with van der Waals surface area (Å²) >= 11 is 0. The molecule has 1 N–H and O–H groups in total. The molecule has 1 atom stereocenters. The minimum Gasteiger partial charge on any atom is -0.396 e. The van der Waals surface area contributed by atoms with E-state index in [2.05, 4.69) is 10.8 Å². The van der Waals surface area contributed by atoms with Crippen molar-refractivity contribution in [1.82, 2.24) is 4.90 Å². The van der Waals surface area contributed by atoms with Crippen LogP contribution >= 0.6 is 0 Å². The van der Waals surface area contributed by atoms with Gasteiger partial charge in [-0.05, 0) is 38.3 Å². The van der Waals surface area contributed by atoms with E-state index in [1.807, 2.05) is 0 Å². The topological polar surface area (TPSA) is 23.5 Å². The maximum atomic E-state index is 8.78. The molecule has 74 valence electrons. The summed E-state index contributed by atoms with van der Waals surface area (Å²) in [5, 5.41) is 8.78. The highest BCUT2D eigenvalue weighted by Crippen LogP contribution is 2.19. The fourth-order valence-corrected chi connectivity index (χ4v) is 1.94. The Bertz CT molecular complexity index is 173. The molecule has 1 rings (SSSR count). The van der Waals surface area contributed by atoms with Crippen molar-refractivity contribution in [3.8, 4) is 12.3 Å². The first-order valence-corrected chi connectivity index (χ1v) is 5.13. The highest BCUT2D eigenvalue weighted by molar-refractivity contribution is 4.84. The first kappa shape index (κ1) is 10.6. The number of likely N-dealkylation sites (tertiary alicyclic amines) is 1. The zero-order valence-electron chi connectivity index (χ0n) is 8.21. The third kappa shape index (κ3) is 3.80. The quantitative estimate of drug-likeness (QED) is 0.507. The van der Waals surface area contributed by atoms with Crippen molar-refractivity contribution in [2.75, 3.05) is 26.2 Å². The van der Waals surface area contributed by atoms with Crippen molar-refractivity contribution >= 4 is 0 Å². The van der Waals surface area contributed by atoms with Crippen LogP contribution in [-0.2, 0) is 0 Å². The predicted octanol–water partition coefficient (Wildman–Crippen LogP) is 1.10. The van der Waals surface area contributed by atoms with E-state index in [1.165, 1.54) is 13.0 Å². The standard InChI is InChI=1S/C11H19NO/c1-2-3-4-7-12-8-5-11(10-12)6-9-13/h1,11,13H,3-10H2. The number of rotatable bonds is 5. The minimum absolute atomic E-state index is 0.336. The van der Waals surface area contributed by atoms with Gasteiger partial charge in [0.1, 0.15) is 0 Å². The second-order valence-electron chi connectivity index (χ2n) is 3.78. The third-order valence-corrected chi connectivity index (χ3v) is 2.70. The summed E-state index contributed by atoms with van der Waals surface area (Å²) in [6.45, 7) is 3.81. The van der Waals surface area contributed by atoms with Gasteiger partial charge in [0.2, 0.25) is 0 Å². The fourth-order valence-electron chi connectivity index (χ4n) is 1.94. The molecule has 0 radical (unpaired) electrons. The van der Waals surface area contributed by atoms with Gasteiger partial charge in [0.15, 0.2) is 0 Å².